The van der Waals surface area contributed by atoms with Crippen LogP contribution < -0.4 is 0 Å². The molecule has 0 saturated heterocycles. The van der Waals surface area contributed by atoms with Gasteiger partial charge in [-0.3, -0.25) is 0 Å². The van der Waals surface area contributed by atoms with Gasteiger partial charge in [0.05, 0.1) is 0 Å². The highest BCUT2D eigenvalue weighted by Crippen LogP contribution is 2.47. The molecule has 1 aromatic heterocycles. The molecule has 0 atom stereocenters. The molecule has 0 aliphatic heterocycles. The topological polar surface area (TPSA) is 13.1 Å². The number of hydrogen-bond acceptors (Lipinski definition) is 1. The Bertz CT molecular complexity index is 2370. The van der Waals surface area contributed by atoms with Gasteiger partial charge in [-0.05, 0) is 88.2 Å². The molecular weight excluding hydrogens is 491 g/mol. The van der Waals surface area contributed by atoms with Crippen LogP contribution in [0.5, 0.6) is 0 Å². The van der Waals surface area contributed by atoms with Gasteiger partial charge in [0, 0.05) is 11.5 Å². The number of halogens is 1. The fraction of sp³-hybridized carbons (Fsp3) is 0. The Morgan fingerprint density at radius 2 is 1.02 bits per heavy atom. The lowest BCUT2D eigenvalue weighted by molar-refractivity contribution is 0.381. The van der Waals surface area contributed by atoms with Gasteiger partial charge in [0.15, 0.2) is 0 Å². The van der Waals surface area contributed by atoms with E-state index in [2.05, 4.69) is 103 Å². The first-order chi connectivity index (χ1) is 19.7. The molecular formula is C38H21FO. The smallest absolute Gasteiger partial charge is 0.278 e. The second-order valence-corrected chi connectivity index (χ2v) is 10.6. The molecule has 0 spiro atoms. The fourth-order valence-corrected chi connectivity index (χ4v) is 6.85. The van der Waals surface area contributed by atoms with E-state index < -0.39 is 6.01 Å². The summed E-state index contributed by atoms with van der Waals surface area (Å²) in [4.78, 5) is 0. The number of furan rings is 1. The predicted molar refractivity (Wildman–Crippen MR) is 166 cm³/mol. The summed E-state index contributed by atoms with van der Waals surface area (Å²) in [6.07, 6.45) is 0. The van der Waals surface area contributed by atoms with Gasteiger partial charge in [-0.1, -0.05) is 109 Å². The van der Waals surface area contributed by atoms with E-state index in [9.17, 15) is 4.39 Å². The third kappa shape index (κ3) is 2.91. The molecule has 2 heteroatoms. The first-order valence-electron chi connectivity index (χ1n) is 13.5. The summed E-state index contributed by atoms with van der Waals surface area (Å²) >= 11 is 0. The number of benzene rings is 8. The molecule has 0 amide bonds. The Morgan fingerprint density at radius 1 is 0.425 bits per heavy atom. The molecule has 9 aromatic rings. The summed E-state index contributed by atoms with van der Waals surface area (Å²) in [6.45, 7) is 0. The van der Waals surface area contributed by atoms with Crippen LogP contribution in [0.25, 0.3) is 87.1 Å². The summed E-state index contributed by atoms with van der Waals surface area (Å²) in [5.74, 6) is 0. The minimum atomic E-state index is -0.564. The van der Waals surface area contributed by atoms with E-state index in [4.69, 9.17) is 4.42 Å². The van der Waals surface area contributed by atoms with Crippen molar-refractivity contribution in [1.82, 2.24) is 0 Å². The van der Waals surface area contributed by atoms with Gasteiger partial charge >= 0.3 is 0 Å². The van der Waals surface area contributed by atoms with Crippen molar-refractivity contribution in [2.75, 3.05) is 0 Å². The van der Waals surface area contributed by atoms with Gasteiger partial charge in [-0.25, -0.2) is 0 Å². The predicted octanol–water partition coefficient (Wildman–Crippen LogP) is 11.1. The van der Waals surface area contributed by atoms with Crippen molar-refractivity contribution < 1.29 is 8.81 Å². The number of fused-ring (bicyclic) bond motifs is 3. The molecule has 1 nitrogen and oxygen atoms in total. The van der Waals surface area contributed by atoms with Gasteiger partial charge in [-0.15, -0.1) is 0 Å². The van der Waals surface area contributed by atoms with Crippen LogP contribution in [-0.2, 0) is 0 Å². The molecule has 0 aliphatic carbocycles. The van der Waals surface area contributed by atoms with Gasteiger partial charge in [0.25, 0.3) is 6.01 Å². The van der Waals surface area contributed by atoms with Crippen molar-refractivity contribution >= 4 is 64.8 Å². The molecule has 0 radical (unpaired) electrons. The monoisotopic (exact) mass is 512 g/mol. The highest BCUT2D eigenvalue weighted by Gasteiger charge is 2.20. The van der Waals surface area contributed by atoms with Gasteiger partial charge < -0.3 is 4.42 Å². The van der Waals surface area contributed by atoms with Crippen LogP contribution in [0, 0.1) is 6.01 Å². The maximum absolute atomic E-state index is 13.9. The second-order valence-electron chi connectivity index (χ2n) is 10.6. The molecule has 0 unspecified atom stereocenters. The van der Waals surface area contributed by atoms with E-state index >= 15 is 0 Å². The lowest BCUT2D eigenvalue weighted by Crippen LogP contribution is -1.92. The quantitative estimate of drug-likeness (QED) is 0.166. The largest absolute Gasteiger partial charge is 0.431 e. The van der Waals surface area contributed by atoms with Crippen LogP contribution in [0.2, 0.25) is 0 Å². The number of rotatable bonds is 2. The van der Waals surface area contributed by atoms with Crippen LogP contribution in [0.3, 0.4) is 0 Å². The fourth-order valence-electron chi connectivity index (χ4n) is 6.85. The van der Waals surface area contributed by atoms with Crippen molar-refractivity contribution in [1.29, 1.82) is 0 Å². The van der Waals surface area contributed by atoms with Crippen molar-refractivity contribution in [3.05, 3.63) is 133 Å². The minimum absolute atomic E-state index is 0.556. The summed E-state index contributed by atoms with van der Waals surface area (Å²) in [5, 5.41) is 13.2. The highest BCUT2D eigenvalue weighted by molar-refractivity contribution is 6.29. The minimum Gasteiger partial charge on any atom is -0.431 e. The van der Waals surface area contributed by atoms with E-state index in [-0.39, 0.29) is 0 Å². The Morgan fingerprint density at radius 3 is 1.73 bits per heavy atom. The summed E-state index contributed by atoms with van der Waals surface area (Å²) in [6, 6.07) is 44.3. The standard InChI is InChI=1S/C38H21FO/c39-34-21-26-20-25(16-19-33(26)40-34)36-27-8-1-3-10-29(27)38(30-11-4-2-9-28(30)36)32-18-15-24-13-12-22-6-5-7-23-14-17-31(32)37(24)35(22)23/h1-21H. The van der Waals surface area contributed by atoms with Crippen molar-refractivity contribution in [3.63, 3.8) is 0 Å². The zero-order valence-corrected chi connectivity index (χ0v) is 21.4. The van der Waals surface area contributed by atoms with Gasteiger partial charge in [0.1, 0.15) is 5.58 Å². The first-order valence-corrected chi connectivity index (χ1v) is 13.5. The Hall–Kier alpha value is -5.21. The van der Waals surface area contributed by atoms with E-state index in [0.717, 1.165) is 16.5 Å². The molecule has 0 N–H and O–H groups in total. The van der Waals surface area contributed by atoms with E-state index in [0.29, 0.717) is 5.58 Å². The molecule has 0 aliphatic rings. The molecule has 0 saturated carbocycles. The summed E-state index contributed by atoms with van der Waals surface area (Å²) in [7, 11) is 0. The average Bonchev–Trinajstić information content (AvgIpc) is 3.38. The molecule has 8 aromatic carbocycles. The van der Waals surface area contributed by atoms with Crippen LogP contribution in [0.4, 0.5) is 4.39 Å². The SMILES string of the molecule is Fc1cc2cc(-c3c4ccccc4c(-c4ccc5ccc6cccc7ccc4c5c67)c4ccccc34)ccc2o1. The Kier molecular flexibility index (Phi) is 4.29. The van der Waals surface area contributed by atoms with Gasteiger partial charge in [-0.2, -0.15) is 4.39 Å². The van der Waals surface area contributed by atoms with E-state index in [1.165, 1.54) is 71.1 Å². The molecule has 1 heterocycles. The zero-order chi connectivity index (χ0) is 26.4. The molecule has 186 valence electrons. The second kappa shape index (κ2) is 7.91. The number of hydrogen-bond donors (Lipinski definition) is 0. The highest BCUT2D eigenvalue weighted by atomic mass is 19.1. The first kappa shape index (κ1) is 21.7. The lowest BCUT2D eigenvalue weighted by atomic mass is 9.83. The van der Waals surface area contributed by atoms with Crippen molar-refractivity contribution in [2.45, 2.75) is 0 Å². The maximum atomic E-state index is 13.9. The Labute approximate surface area is 229 Å². The van der Waals surface area contributed by atoms with Crippen molar-refractivity contribution in [3.8, 4) is 22.3 Å². The maximum Gasteiger partial charge on any atom is 0.278 e. The Balaban J connectivity index is 1.44. The zero-order valence-electron chi connectivity index (χ0n) is 21.4. The van der Waals surface area contributed by atoms with E-state index in [1.807, 2.05) is 18.2 Å². The average molecular weight is 513 g/mol. The molecule has 0 bridgehead atoms. The van der Waals surface area contributed by atoms with Crippen LogP contribution >= 0.6 is 0 Å². The summed E-state index contributed by atoms with van der Waals surface area (Å²) < 4.78 is 19.1. The van der Waals surface area contributed by atoms with Crippen LogP contribution in [0.1, 0.15) is 0 Å². The van der Waals surface area contributed by atoms with E-state index in [1.54, 1.807) is 0 Å². The molecule has 0 fully saturated rings. The van der Waals surface area contributed by atoms with Crippen LogP contribution in [0.15, 0.2) is 132 Å². The van der Waals surface area contributed by atoms with Crippen LogP contribution in [-0.4, -0.2) is 0 Å². The van der Waals surface area contributed by atoms with Gasteiger partial charge in [0.2, 0.25) is 0 Å². The molecule has 9 rings (SSSR count). The third-order valence-corrected chi connectivity index (χ3v) is 8.50. The summed E-state index contributed by atoms with van der Waals surface area (Å²) in [5.41, 5.74) is 5.22. The normalized spacial score (nSPS) is 12.1. The molecule has 40 heavy (non-hydrogen) atoms. The lowest BCUT2D eigenvalue weighted by Gasteiger charge is -2.20. The third-order valence-electron chi connectivity index (χ3n) is 8.50. The van der Waals surface area contributed by atoms with Crippen molar-refractivity contribution in [2.24, 2.45) is 0 Å².